The summed E-state index contributed by atoms with van der Waals surface area (Å²) in [5.74, 6) is -0.332. The number of likely N-dealkylation sites (N-methyl/N-ethyl adjacent to an activating group) is 1. The molecule has 1 heterocycles. The van der Waals surface area contributed by atoms with E-state index in [1.807, 2.05) is 48.5 Å². The molecule has 0 aliphatic carbocycles. The largest absolute Gasteiger partial charge is 0.496 e. The summed E-state index contributed by atoms with van der Waals surface area (Å²) in [5, 5.41) is 2.76. The van der Waals surface area contributed by atoms with E-state index in [4.69, 9.17) is 4.74 Å². The summed E-state index contributed by atoms with van der Waals surface area (Å²) in [6, 6.07) is 22.2. The number of amides is 4. The van der Waals surface area contributed by atoms with Gasteiger partial charge in [0.05, 0.1) is 7.11 Å². The van der Waals surface area contributed by atoms with Crippen molar-refractivity contribution in [1.82, 2.24) is 15.1 Å². The molecule has 3 aromatic carbocycles. The normalized spacial score (nSPS) is 17.1. The van der Waals surface area contributed by atoms with Gasteiger partial charge in [0, 0.05) is 27.6 Å². The summed E-state index contributed by atoms with van der Waals surface area (Å²) in [5.41, 5.74) is 1.35. The fourth-order valence-electron chi connectivity index (χ4n) is 4.66. The highest BCUT2D eigenvalue weighted by Crippen LogP contribution is 2.34. The lowest BCUT2D eigenvalue weighted by molar-refractivity contribution is -0.139. The Morgan fingerprint density at radius 3 is 2.00 bits per heavy atom. The Bertz CT molecular complexity index is 1280. The van der Waals surface area contributed by atoms with Gasteiger partial charge in [0.25, 0.3) is 5.91 Å². The number of methoxy groups -OCH3 is 1. The van der Waals surface area contributed by atoms with Crippen molar-refractivity contribution in [2.24, 2.45) is 0 Å². The number of nitrogens with zero attached hydrogens (tertiary/aromatic N) is 2. The van der Waals surface area contributed by atoms with Crippen LogP contribution < -0.4 is 10.1 Å². The van der Waals surface area contributed by atoms with Gasteiger partial charge in [-0.1, -0.05) is 74.3 Å². The first-order valence-electron chi connectivity index (χ1n) is 12.1. The summed E-state index contributed by atoms with van der Waals surface area (Å²) >= 11 is 6.93. The van der Waals surface area contributed by atoms with Crippen LogP contribution in [0.4, 0.5) is 4.79 Å². The van der Waals surface area contributed by atoms with Crippen molar-refractivity contribution in [2.75, 3.05) is 20.7 Å². The van der Waals surface area contributed by atoms with Gasteiger partial charge in [-0.15, -0.1) is 0 Å². The summed E-state index contributed by atoms with van der Waals surface area (Å²) in [4.78, 5) is 42.5. The minimum Gasteiger partial charge on any atom is -0.496 e. The predicted octanol–water partition coefficient (Wildman–Crippen LogP) is 5.30. The van der Waals surface area contributed by atoms with Crippen LogP contribution in [0.15, 0.2) is 81.7 Å². The molecular weight excluding hydrogens is 614 g/mol. The number of carbonyl (C=O) groups is 3. The van der Waals surface area contributed by atoms with E-state index in [-0.39, 0.29) is 18.5 Å². The molecular formula is C29H29Br2N3O4. The molecule has 1 atom stereocenters. The molecule has 9 heteroatoms. The second-order valence-electron chi connectivity index (χ2n) is 9.47. The number of imide groups is 1. The molecule has 1 aliphatic rings. The van der Waals surface area contributed by atoms with Crippen LogP contribution in [0.1, 0.15) is 23.6 Å². The SMILES string of the molecule is COc1ccccc1C1(C)NC(=O)N(CC(=O)N(C)C(Cc2ccc(Br)cc2)Cc2ccc(Br)cc2)C1=O. The van der Waals surface area contributed by atoms with E-state index >= 15 is 0 Å². The van der Waals surface area contributed by atoms with Crippen molar-refractivity contribution in [2.45, 2.75) is 31.3 Å². The summed E-state index contributed by atoms with van der Waals surface area (Å²) in [6.45, 7) is 1.27. The monoisotopic (exact) mass is 641 g/mol. The van der Waals surface area contributed by atoms with Crippen LogP contribution in [0.3, 0.4) is 0 Å². The van der Waals surface area contributed by atoms with E-state index in [2.05, 4.69) is 37.2 Å². The zero-order valence-corrected chi connectivity index (χ0v) is 24.6. The van der Waals surface area contributed by atoms with Crippen LogP contribution in [0.2, 0.25) is 0 Å². The van der Waals surface area contributed by atoms with E-state index in [0.29, 0.717) is 24.2 Å². The number of ether oxygens (including phenoxy) is 1. The van der Waals surface area contributed by atoms with Gasteiger partial charge in [-0.2, -0.15) is 0 Å². The number of nitrogens with one attached hydrogen (secondary N) is 1. The highest BCUT2D eigenvalue weighted by molar-refractivity contribution is 9.10. The molecule has 0 saturated carbocycles. The number of hydrogen-bond acceptors (Lipinski definition) is 4. The molecule has 4 rings (SSSR count). The molecule has 0 aromatic heterocycles. The van der Waals surface area contributed by atoms with Crippen molar-refractivity contribution in [3.8, 4) is 5.75 Å². The average molecular weight is 643 g/mol. The number of rotatable bonds is 9. The third-order valence-corrected chi connectivity index (χ3v) is 7.98. The Hall–Kier alpha value is -3.17. The minimum atomic E-state index is -1.34. The van der Waals surface area contributed by atoms with Crippen LogP contribution in [-0.4, -0.2) is 54.4 Å². The Morgan fingerprint density at radius 2 is 1.47 bits per heavy atom. The van der Waals surface area contributed by atoms with Gasteiger partial charge in [0.1, 0.15) is 17.8 Å². The first kappa shape index (κ1) is 27.9. The highest BCUT2D eigenvalue weighted by atomic mass is 79.9. The van der Waals surface area contributed by atoms with E-state index in [9.17, 15) is 14.4 Å². The minimum absolute atomic E-state index is 0.189. The number of urea groups is 1. The Balaban J connectivity index is 1.54. The van der Waals surface area contributed by atoms with Gasteiger partial charge in [0.2, 0.25) is 5.91 Å². The molecule has 1 aliphatic heterocycles. The van der Waals surface area contributed by atoms with Gasteiger partial charge >= 0.3 is 6.03 Å². The lowest BCUT2D eigenvalue weighted by atomic mass is 9.91. The first-order valence-corrected chi connectivity index (χ1v) is 13.7. The molecule has 198 valence electrons. The number of benzene rings is 3. The van der Waals surface area contributed by atoms with Crippen LogP contribution in [0.25, 0.3) is 0 Å². The number of carbonyl (C=O) groups excluding carboxylic acids is 3. The van der Waals surface area contributed by atoms with E-state index in [0.717, 1.165) is 25.0 Å². The van der Waals surface area contributed by atoms with Crippen LogP contribution >= 0.6 is 31.9 Å². The van der Waals surface area contributed by atoms with E-state index in [1.165, 1.54) is 7.11 Å². The topological polar surface area (TPSA) is 79.0 Å². The fourth-order valence-corrected chi connectivity index (χ4v) is 5.19. The van der Waals surface area contributed by atoms with Crippen molar-refractivity contribution in [3.63, 3.8) is 0 Å². The maximum atomic E-state index is 13.5. The third kappa shape index (κ3) is 5.94. The zero-order chi connectivity index (χ0) is 27.4. The lowest BCUT2D eigenvalue weighted by Crippen LogP contribution is -2.47. The van der Waals surface area contributed by atoms with Crippen LogP contribution in [0.5, 0.6) is 5.75 Å². The summed E-state index contributed by atoms with van der Waals surface area (Å²) in [7, 11) is 3.24. The quantitative estimate of drug-likeness (QED) is 0.322. The van der Waals surface area contributed by atoms with Crippen molar-refractivity contribution in [3.05, 3.63) is 98.4 Å². The van der Waals surface area contributed by atoms with Crippen molar-refractivity contribution in [1.29, 1.82) is 0 Å². The highest BCUT2D eigenvalue weighted by Gasteiger charge is 2.51. The first-order chi connectivity index (χ1) is 18.1. The number of halogens is 2. The van der Waals surface area contributed by atoms with Gasteiger partial charge < -0.3 is 15.0 Å². The molecule has 4 amide bonds. The Labute approximate surface area is 239 Å². The third-order valence-electron chi connectivity index (χ3n) is 6.92. The van der Waals surface area contributed by atoms with Gasteiger partial charge in [-0.05, 0) is 61.2 Å². The number of hydrogen-bond donors (Lipinski definition) is 1. The molecule has 1 fully saturated rings. The smallest absolute Gasteiger partial charge is 0.325 e. The second-order valence-corrected chi connectivity index (χ2v) is 11.3. The molecule has 38 heavy (non-hydrogen) atoms. The van der Waals surface area contributed by atoms with Crippen molar-refractivity contribution >= 4 is 49.7 Å². The maximum absolute atomic E-state index is 13.5. The lowest BCUT2D eigenvalue weighted by Gasteiger charge is -2.30. The molecule has 1 saturated heterocycles. The summed E-state index contributed by atoms with van der Waals surface area (Å²) < 4.78 is 7.37. The number of para-hydroxylation sites is 1. The standard InChI is InChI=1S/C29H29Br2N3O4/c1-29(24-6-4-5-7-25(24)38-3)27(36)34(28(37)32-29)18-26(35)33(2)23(16-19-8-12-21(30)13-9-19)17-20-10-14-22(31)15-11-20/h4-15,23H,16-18H2,1-3H3,(H,32,37). The van der Waals surface area contributed by atoms with Gasteiger partial charge in [-0.3, -0.25) is 14.5 Å². The van der Waals surface area contributed by atoms with E-state index in [1.54, 1.807) is 43.1 Å². The Kier molecular flexibility index (Phi) is 8.57. The second kappa shape index (κ2) is 11.7. The molecule has 3 aromatic rings. The van der Waals surface area contributed by atoms with E-state index < -0.39 is 17.5 Å². The maximum Gasteiger partial charge on any atom is 0.325 e. The zero-order valence-electron chi connectivity index (χ0n) is 21.4. The average Bonchev–Trinajstić information content (AvgIpc) is 3.13. The molecule has 1 unspecified atom stereocenters. The predicted molar refractivity (Wildman–Crippen MR) is 153 cm³/mol. The molecule has 0 bridgehead atoms. The molecule has 7 nitrogen and oxygen atoms in total. The molecule has 0 radical (unpaired) electrons. The Morgan fingerprint density at radius 1 is 0.947 bits per heavy atom. The molecule has 0 spiro atoms. The fraction of sp³-hybridized carbons (Fsp3) is 0.276. The van der Waals surface area contributed by atoms with Crippen LogP contribution in [0, 0.1) is 0 Å². The van der Waals surface area contributed by atoms with Crippen LogP contribution in [-0.2, 0) is 28.0 Å². The van der Waals surface area contributed by atoms with Gasteiger partial charge in [-0.25, -0.2) is 4.79 Å². The van der Waals surface area contributed by atoms with Crippen molar-refractivity contribution < 1.29 is 19.1 Å². The van der Waals surface area contributed by atoms with Gasteiger partial charge in [0.15, 0.2) is 0 Å². The summed E-state index contributed by atoms with van der Waals surface area (Å²) in [6.07, 6.45) is 1.23. The molecule has 1 N–H and O–H groups in total.